The van der Waals surface area contributed by atoms with E-state index in [1.807, 2.05) is 0 Å². The number of hydrogen-bond donors (Lipinski definition) is 1. The molecular weight excluding hydrogens is 295 g/mol. The number of anilines is 1. The molecule has 5 heteroatoms. The van der Waals surface area contributed by atoms with Gasteiger partial charge in [-0.25, -0.2) is 0 Å². The zero-order chi connectivity index (χ0) is 15.9. The van der Waals surface area contributed by atoms with Crippen molar-refractivity contribution in [1.29, 1.82) is 0 Å². The average molecular weight is 319 g/mol. The molecule has 0 spiro atoms. The summed E-state index contributed by atoms with van der Waals surface area (Å²) in [7, 11) is 0. The van der Waals surface area contributed by atoms with E-state index in [9.17, 15) is 13.2 Å². The topological polar surface area (TPSA) is 12.0 Å². The summed E-state index contributed by atoms with van der Waals surface area (Å²) in [6.45, 7) is 5.96. The monoisotopic (exact) mass is 319 g/mol. The lowest BCUT2D eigenvalue weighted by molar-refractivity contribution is -0.137. The molecule has 0 radical (unpaired) electrons. The molecule has 120 valence electrons. The summed E-state index contributed by atoms with van der Waals surface area (Å²) in [5.41, 5.74) is 0.205. The Morgan fingerprint density at radius 1 is 1.24 bits per heavy atom. The summed E-state index contributed by atoms with van der Waals surface area (Å²) in [5, 5.41) is 3.37. The first-order chi connectivity index (χ1) is 9.84. The van der Waals surface area contributed by atoms with Crippen molar-refractivity contribution in [3.8, 4) is 0 Å². The average Bonchev–Trinajstić information content (AvgIpc) is 2.39. The third-order valence-corrected chi connectivity index (χ3v) is 4.44. The molecule has 0 aliphatic carbocycles. The Kier molecular flexibility index (Phi) is 7.43. The van der Waals surface area contributed by atoms with Gasteiger partial charge in [0.2, 0.25) is 0 Å². The quantitative estimate of drug-likeness (QED) is 0.460. The molecule has 1 nitrogen and oxygen atoms in total. The lowest BCUT2D eigenvalue weighted by Gasteiger charge is -2.17. The van der Waals surface area contributed by atoms with Crippen LogP contribution in [-0.4, -0.2) is 11.1 Å². The van der Waals surface area contributed by atoms with E-state index in [2.05, 4.69) is 19.2 Å². The first-order valence-corrected chi connectivity index (χ1v) is 8.42. The van der Waals surface area contributed by atoms with Crippen molar-refractivity contribution in [2.24, 2.45) is 0 Å². The van der Waals surface area contributed by atoms with E-state index in [4.69, 9.17) is 0 Å². The summed E-state index contributed by atoms with van der Waals surface area (Å²) in [4.78, 5) is 0. The fourth-order valence-corrected chi connectivity index (χ4v) is 2.93. The third-order valence-electron chi connectivity index (χ3n) is 3.33. The SMILES string of the molecule is CCCCC[C@H](C)SCNc1ccc(C)cc1C(F)(F)F. The first kappa shape index (κ1) is 18.2. The van der Waals surface area contributed by atoms with Crippen LogP contribution in [0.5, 0.6) is 0 Å². The maximum absolute atomic E-state index is 13.0. The Morgan fingerprint density at radius 3 is 2.57 bits per heavy atom. The molecule has 0 aliphatic rings. The summed E-state index contributed by atoms with van der Waals surface area (Å²) < 4.78 is 38.9. The third kappa shape index (κ3) is 6.64. The molecule has 1 aromatic rings. The van der Waals surface area contributed by atoms with Gasteiger partial charge in [-0.15, -0.1) is 11.8 Å². The Labute approximate surface area is 129 Å². The first-order valence-electron chi connectivity index (χ1n) is 7.38. The normalized spacial score (nSPS) is 13.2. The molecule has 1 rings (SSSR count). The fourth-order valence-electron chi connectivity index (χ4n) is 2.07. The van der Waals surface area contributed by atoms with E-state index in [-0.39, 0.29) is 5.69 Å². The molecule has 0 saturated heterocycles. The van der Waals surface area contributed by atoms with Crippen LogP contribution in [0.2, 0.25) is 0 Å². The standard InChI is InChI=1S/C16H24F3NS/c1-4-5-6-7-13(3)21-11-20-15-9-8-12(2)10-14(15)16(17,18)19/h8-10,13,20H,4-7,11H2,1-3H3/t13-/m0/s1. The number of hydrogen-bond acceptors (Lipinski definition) is 2. The summed E-state index contributed by atoms with van der Waals surface area (Å²) in [5.74, 6) is 0.499. The molecule has 1 atom stereocenters. The Bertz CT molecular complexity index is 432. The number of unbranched alkanes of at least 4 members (excludes halogenated alkanes) is 2. The predicted molar refractivity (Wildman–Crippen MR) is 85.9 cm³/mol. The highest BCUT2D eigenvalue weighted by atomic mass is 32.2. The van der Waals surface area contributed by atoms with Crippen LogP contribution in [0.1, 0.15) is 50.7 Å². The molecule has 21 heavy (non-hydrogen) atoms. The van der Waals surface area contributed by atoms with Gasteiger partial charge in [0, 0.05) is 10.9 Å². The van der Waals surface area contributed by atoms with Gasteiger partial charge in [-0.3, -0.25) is 0 Å². The van der Waals surface area contributed by atoms with E-state index in [1.165, 1.54) is 31.4 Å². The maximum atomic E-state index is 13.0. The van der Waals surface area contributed by atoms with Crippen LogP contribution in [0.25, 0.3) is 0 Å². The molecule has 0 unspecified atom stereocenters. The molecule has 0 fully saturated rings. The van der Waals surface area contributed by atoms with Gasteiger partial charge < -0.3 is 5.32 Å². The van der Waals surface area contributed by atoms with Gasteiger partial charge in [-0.2, -0.15) is 13.2 Å². The Hall–Kier alpha value is -0.840. The summed E-state index contributed by atoms with van der Waals surface area (Å²) in [6, 6.07) is 4.41. The van der Waals surface area contributed by atoms with E-state index in [0.717, 1.165) is 6.42 Å². The number of benzene rings is 1. The van der Waals surface area contributed by atoms with Crippen molar-refractivity contribution in [2.45, 2.75) is 57.9 Å². The lowest BCUT2D eigenvalue weighted by Crippen LogP contribution is -2.12. The van der Waals surface area contributed by atoms with Crippen molar-refractivity contribution in [2.75, 3.05) is 11.2 Å². The van der Waals surface area contributed by atoms with E-state index in [1.54, 1.807) is 24.8 Å². The van der Waals surface area contributed by atoms with Crippen LogP contribution in [-0.2, 0) is 6.18 Å². The molecule has 1 N–H and O–H groups in total. The zero-order valence-corrected chi connectivity index (χ0v) is 13.7. The largest absolute Gasteiger partial charge is 0.418 e. The van der Waals surface area contributed by atoms with Crippen LogP contribution >= 0.6 is 11.8 Å². The minimum absolute atomic E-state index is 0.168. The molecule has 0 aromatic heterocycles. The predicted octanol–water partition coefficient (Wildman–Crippen LogP) is 6.09. The number of nitrogens with one attached hydrogen (secondary N) is 1. The number of aryl methyl sites for hydroxylation is 1. The molecule has 1 aromatic carbocycles. The molecule has 0 saturated carbocycles. The second kappa shape index (κ2) is 8.57. The van der Waals surface area contributed by atoms with E-state index < -0.39 is 11.7 Å². The Balaban J connectivity index is 2.52. The second-order valence-corrected chi connectivity index (χ2v) is 6.77. The summed E-state index contributed by atoms with van der Waals surface area (Å²) in [6.07, 6.45) is 0.386. The molecule has 0 amide bonds. The van der Waals surface area contributed by atoms with Gasteiger partial charge in [0.05, 0.1) is 11.4 Å². The second-order valence-electron chi connectivity index (χ2n) is 5.34. The minimum Gasteiger partial charge on any atom is -0.376 e. The van der Waals surface area contributed by atoms with Gasteiger partial charge in [0.1, 0.15) is 0 Å². The van der Waals surface area contributed by atoms with Crippen LogP contribution in [0.4, 0.5) is 18.9 Å². The maximum Gasteiger partial charge on any atom is 0.418 e. The molecular formula is C16H24F3NS. The van der Waals surface area contributed by atoms with E-state index in [0.29, 0.717) is 16.7 Å². The zero-order valence-electron chi connectivity index (χ0n) is 12.9. The smallest absolute Gasteiger partial charge is 0.376 e. The van der Waals surface area contributed by atoms with Crippen LogP contribution in [0, 0.1) is 6.92 Å². The number of rotatable bonds is 8. The van der Waals surface area contributed by atoms with E-state index >= 15 is 0 Å². The Morgan fingerprint density at radius 2 is 1.95 bits per heavy atom. The molecule has 0 bridgehead atoms. The van der Waals surface area contributed by atoms with Crippen LogP contribution < -0.4 is 5.32 Å². The number of halogens is 3. The van der Waals surface area contributed by atoms with Gasteiger partial charge in [0.25, 0.3) is 0 Å². The highest BCUT2D eigenvalue weighted by molar-refractivity contribution is 7.99. The van der Waals surface area contributed by atoms with Crippen LogP contribution in [0.3, 0.4) is 0 Å². The number of alkyl halides is 3. The summed E-state index contributed by atoms with van der Waals surface area (Å²) >= 11 is 1.67. The minimum atomic E-state index is -4.31. The van der Waals surface area contributed by atoms with Crippen molar-refractivity contribution in [3.05, 3.63) is 29.3 Å². The van der Waals surface area contributed by atoms with Gasteiger partial charge in [0.15, 0.2) is 0 Å². The number of thioether (sulfide) groups is 1. The fraction of sp³-hybridized carbons (Fsp3) is 0.625. The van der Waals surface area contributed by atoms with Crippen molar-refractivity contribution in [1.82, 2.24) is 0 Å². The highest BCUT2D eigenvalue weighted by Crippen LogP contribution is 2.35. The van der Waals surface area contributed by atoms with Crippen molar-refractivity contribution < 1.29 is 13.2 Å². The lowest BCUT2D eigenvalue weighted by atomic mass is 10.1. The molecule has 0 heterocycles. The highest BCUT2D eigenvalue weighted by Gasteiger charge is 2.33. The van der Waals surface area contributed by atoms with Gasteiger partial charge in [-0.1, -0.05) is 44.7 Å². The van der Waals surface area contributed by atoms with Crippen molar-refractivity contribution in [3.63, 3.8) is 0 Å². The van der Waals surface area contributed by atoms with Crippen molar-refractivity contribution >= 4 is 17.4 Å². The van der Waals surface area contributed by atoms with Crippen LogP contribution in [0.15, 0.2) is 18.2 Å². The van der Waals surface area contributed by atoms with Gasteiger partial charge >= 0.3 is 6.18 Å². The molecule has 0 aliphatic heterocycles. The van der Waals surface area contributed by atoms with Gasteiger partial charge in [-0.05, 0) is 25.5 Å².